The molecule has 5 heterocycles. The number of carbonyl (C=O) groups is 1. The van der Waals surface area contributed by atoms with Gasteiger partial charge in [-0.15, -0.1) is 0 Å². The summed E-state index contributed by atoms with van der Waals surface area (Å²) in [5.41, 5.74) is 6.07. The fourth-order valence-corrected chi connectivity index (χ4v) is 5.88. The number of carbonyl (C=O) groups excluding carboxylic acids is 1. The smallest absolute Gasteiger partial charge is 0.324 e. The first kappa shape index (κ1) is 26.3. The van der Waals surface area contributed by atoms with Crippen LogP contribution in [0.2, 0.25) is 0 Å². The molecule has 8 bridgehead atoms. The zero-order valence-corrected chi connectivity index (χ0v) is 24.3. The normalized spacial score (nSPS) is 11.7. The van der Waals surface area contributed by atoms with Gasteiger partial charge in [0.05, 0.1) is 0 Å². The minimum atomic E-state index is -0.559. The average molecular weight is 636 g/mol. The molecule has 1 radical (unpaired) electrons. The summed E-state index contributed by atoms with van der Waals surface area (Å²) in [6.45, 7) is 0. The Kier molecular flexibility index (Phi) is 5.92. The summed E-state index contributed by atoms with van der Waals surface area (Å²) in [6.07, 6.45) is 0. The van der Waals surface area contributed by atoms with Crippen molar-refractivity contribution in [3.8, 4) is 45.6 Å². The average Bonchev–Trinajstić information content (AvgIpc) is 3.76. The van der Waals surface area contributed by atoms with Gasteiger partial charge in [0.25, 0.3) is 5.24 Å². The van der Waals surface area contributed by atoms with Crippen LogP contribution < -0.4 is 0 Å². The summed E-state index contributed by atoms with van der Waals surface area (Å²) < 4.78 is 0. The summed E-state index contributed by atoms with van der Waals surface area (Å²) in [6, 6.07) is 28.9. The van der Waals surface area contributed by atoms with Gasteiger partial charge >= 0.3 is 16.8 Å². The molecule has 3 aromatic heterocycles. The molecule has 11 heteroatoms. The number of aromatic amines is 2. The first-order valence-corrected chi connectivity index (χ1v) is 13.9. The molecule has 9 nitrogen and oxygen atoms in total. The number of nitrogens with one attached hydrogen (secondary N) is 2. The van der Waals surface area contributed by atoms with Crippen LogP contribution in [0, 0.1) is 0 Å². The predicted octanol–water partition coefficient (Wildman–Crippen LogP) is 7.25. The summed E-state index contributed by atoms with van der Waals surface area (Å²) >= 11 is 5.87. The van der Waals surface area contributed by atoms with Crippen molar-refractivity contribution in [1.82, 2.24) is 39.9 Å². The molecule has 209 valence electrons. The van der Waals surface area contributed by atoms with Crippen LogP contribution in [-0.4, -0.2) is 45.1 Å². The molecule has 2 N–H and O–H groups in total. The van der Waals surface area contributed by atoms with Crippen molar-refractivity contribution in [2.45, 2.75) is 0 Å². The van der Waals surface area contributed by atoms with Crippen molar-refractivity contribution in [2.24, 2.45) is 0 Å². The number of halogens is 1. The van der Waals surface area contributed by atoms with Gasteiger partial charge in [-0.05, 0) is 29.8 Å². The monoisotopic (exact) mass is 635 g/mol. The van der Waals surface area contributed by atoms with Crippen molar-refractivity contribution < 1.29 is 21.6 Å². The van der Waals surface area contributed by atoms with Gasteiger partial charge in [0.1, 0.15) is 22.6 Å². The Balaban J connectivity index is 0.00000289. The van der Waals surface area contributed by atoms with Crippen LogP contribution in [0.5, 0.6) is 0 Å². The molecule has 9 rings (SSSR count). The number of hydrogen-bond acceptors (Lipinski definition) is 7. The standard InChI is InChI=1S/C33H17ClN8O.Co/c34-25(43)16-13-14-23-24(15-16)33-41-31-22-12-6-5-11-21(22)29(39-31)37-27-18-8-2-1-7-17(18)26(35-27)36-28-19-9-3-4-10-20(19)30(38-28)40-32(23)42-33;/h1-15H,(H2,35,36,37,38,39,40,41,42);/q;+2. The quantitative estimate of drug-likeness (QED) is 0.182. The number of H-pyrrole nitrogens is 2. The molecular formula is C33H17ClCoN8O+2. The Morgan fingerprint density at radius 1 is 0.477 bits per heavy atom. The Bertz CT molecular complexity index is 2520. The zero-order valence-electron chi connectivity index (χ0n) is 22.5. The molecule has 0 atom stereocenters. The van der Waals surface area contributed by atoms with E-state index in [0.717, 1.165) is 38.4 Å². The first-order valence-electron chi connectivity index (χ1n) is 13.5. The van der Waals surface area contributed by atoms with Gasteiger partial charge < -0.3 is 9.97 Å². The fraction of sp³-hybridized carbons (Fsp3) is 0. The van der Waals surface area contributed by atoms with E-state index in [-0.39, 0.29) is 16.8 Å². The van der Waals surface area contributed by atoms with Crippen LogP contribution in [0.1, 0.15) is 10.4 Å². The third-order valence-corrected chi connectivity index (χ3v) is 8.00. The molecule has 0 aliphatic carbocycles. The summed E-state index contributed by atoms with van der Waals surface area (Å²) in [5.74, 6) is 2.05. The molecule has 0 saturated heterocycles. The summed E-state index contributed by atoms with van der Waals surface area (Å²) in [7, 11) is 0. The zero-order chi connectivity index (χ0) is 28.7. The van der Waals surface area contributed by atoms with Crippen LogP contribution in [-0.2, 0) is 16.8 Å². The maximum Gasteiger partial charge on any atom is 2.00 e. The first-order chi connectivity index (χ1) is 21.1. The molecule has 0 fully saturated rings. The number of benzene rings is 4. The van der Waals surface area contributed by atoms with E-state index in [2.05, 4.69) is 9.97 Å². The summed E-state index contributed by atoms with van der Waals surface area (Å²) in [5, 5.41) is 2.71. The maximum atomic E-state index is 12.1. The Labute approximate surface area is 263 Å². The molecule has 2 aliphatic rings. The van der Waals surface area contributed by atoms with E-state index in [9.17, 15) is 4.79 Å². The van der Waals surface area contributed by atoms with Gasteiger partial charge in [-0.1, -0.05) is 72.8 Å². The van der Waals surface area contributed by atoms with Crippen molar-refractivity contribution in [1.29, 1.82) is 0 Å². The van der Waals surface area contributed by atoms with Gasteiger partial charge in [-0.3, -0.25) is 4.79 Å². The van der Waals surface area contributed by atoms with E-state index in [1.807, 2.05) is 78.9 Å². The van der Waals surface area contributed by atoms with Crippen molar-refractivity contribution in [3.05, 3.63) is 96.6 Å². The molecule has 4 aromatic carbocycles. The Morgan fingerprint density at radius 3 is 1.25 bits per heavy atom. The molecule has 0 saturated carbocycles. The second-order valence-corrected chi connectivity index (χ2v) is 10.6. The number of fused-ring (bicyclic) bond motifs is 20. The van der Waals surface area contributed by atoms with E-state index in [0.29, 0.717) is 56.8 Å². The van der Waals surface area contributed by atoms with Gasteiger partial charge in [0.2, 0.25) is 0 Å². The largest absolute Gasteiger partial charge is 2.00 e. The van der Waals surface area contributed by atoms with Gasteiger partial charge in [-0.2, -0.15) is 0 Å². The third-order valence-electron chi connectivity index (χ3n) is 7.78. The molecule has 44 heavy (non-hydrogen) atoms. The summed E-state index contributed by atoms with van der Waals surface area (Å²) in [4.78, 5) is 48.5. The molecular weight excluding hydrogens is 619 g/mol. The topological polar surface area (TPSA) is 126 Å². The van der Waals surface area contributed by atoms with Gasteiger partial charge in [-0.25, -0.2) is 29.9 Å². The second-order valence-electron chi connectivity index (χ2n) is 10.3. The van der Waals surface area contributed by atoms with Crippen LogP contribution in [0.3, 0.4) is 0 Å². The molecule has 0 spiro atoms. The van der Waals surface area contributed by atoms with Crippen LogP contribution in [0.15, 0.2) is 91.0 Å². The number of rotatable bonds is 1. The van der Waals surface area contributed by atoms with Crippen molar-refractivity contribution in [2.75, 3.05) is 0 Å². The molecule has 7 aromatic rings. The Morgan fingerprint density at radius 2 is 0.841 bits per heavy atom. The number of aromatic nitrogens is 8. The minimum Gasteiger partial charge on any atom is -0.324 e. The van der Waals surface area contributed by atoms with E-state index >= 15 is 0 Å². The van der Waals surface area contributed by atoms with E-state index in [4.69, 9.17) is 41.5 Å². The number of hydrogen-bond donors (Lipinski definition) is 2. The number of nitrogens with zero attached hydrogens (tertiary/aromatic N) is 6. The minimum absolute atomic E-state index is 0. The van der Waals surface area contributed by atoms with Crippen molar-refractivity contribution in [3.63, 3.8) is 0 Å². The van der Waals surface area contributed by atoms with Crippen LogP contribution in [0.4, 0.5) is 0 Å². The molecule has 0 amide bonds. The fourth-order valence-electron chi connectivity index (χ4n) is 5.76. The van der Waals surface area contributed by atoms with Crippen LogP contribution >= 0.6 is 11.6 Å². The maximum absolute atomic E-state index is 12.1. The molecule has 2 aliphatic heterocycles. The van der Waals surface area contributed by atoms with Gasteiger partial charge in [0, 0.05) is 49.4 Å². The predicted molar refractivity (Wildman–Crippen MR) is 166 cm³/mol. The van der Waals surface area contributed by atoms with E-state index in [1.54, 1.807) is 12.1 Å². The van der Waals surface area contributed by atoms with Crippen molar-refractivity contribution >= 4 is 61.0 Å². The Hall–Kier alpha value is -5.29. The SMILES string of the molecule is O=C(Cl)c1ccc2c3nc4nc(nc5[nH]c(nc6nc(nc([nH]3)c2c1)-c1ccccc1-6)c1ccccc51)-c1ccccc1-4.[Co+2]. The van der Waals surface area contributed by atoms with Gasteiger partial charge in [0.15, 0.2) is 23.3 Å². The third kappa shape index (κ3) is 3.96. The van der Waals surface area contributed by atoms with E-state index < -0.39 is 5.24 Å². The van der Waals surface area contributed by atoms with E-state index in [1.165, 1.54) is 0 Å². The molecule has 0 unspecified atom stereocenters. The second kappa shape index (κ2) is 9.88. The van der Waals surface area contributed by atoms with Crippen LogP contribution in [0.25, 0.3) is 89.7 Å².